The number of nitrogens with two attached hydrogens (primary N) is 1. The van der Waals surface area contributed by atoms with Crippen molar-refractivity contribution < 1.29 is 0 Å². The molecule has 0 aromatic carbocycles. The van der Waals surface area contributed by atoms with Gasteiger partial charge in [0.1, 0.15) is 0 Å². The van der Waals surface area contributed by atoms with Crippen LogP contribution >= 0.6 is 0 Å². The van der Waals surface area contributed by atoms with Crippen molar-refractivity contribution in [3.63, 3.8) is 0 Å². The molecule has 1 aliphatic carbocycles. The molecule has 0 radical (unpaired) electrons. The Morgan fingerprint density at radius 3 is 2.94 bits per heavy atom. The summed E-state index contributed by atoms with van der Waals surface area (Å²) >= 11 is 0. The summed E-state index contributed by atoms with van der Waals surface area (Å²) < 4.78 is 0. The van der Waals surface area contributed by atoms with Crippen LogP contribution < -0.4 is 16.4 Å². The number of hydrogen-bond donors (Lipinski definition) is 3. The highest BCUT2D eigenvalue weighted by atomic mass is 15.0. The van der Waals surface area contributed by atoms with Gasteiger partial charge in [-0.2, -0.15) is 0 Å². The van der Waals surface area contributed by atoms with E-state index in [2.05, 4.69) is 24.5 Å². The Balaban J connectivity index is 1.84. The molecule has 2 rings (SSSR count). The SMILES string of the molecule is CC1CCC2C(C1)NCCC2NC(C)CCCN. The maximum atomic E-state index is 5.59. The number of hydrogen-bond acceptors (Lipinski definition) is 3. The molecule has 5 unspecified atom stereocenters. The average molecular weight is 253 g/mol. The second-order valence-corrected chi connectivity index (χ2v) is 6.54. The molecule has 1 heterocycles. The van der Waals surface area contributed by atoms with Gasteiger partial charge in [0.25, 0.3) is 0 Å². The van der Waals surface area contributed by atoms with Gasteiger partial charge in [-0.15, -0.1) is 0 Å². The lowest BCUT2D eigenvalue weighted by Gasteiger charge is -2.45. The lowest BCUT2D eigenvalue weighted by atomic mass is 9.72. The third-order valence-electron chi connectivity index (χ3n) is 4.88. The first-order valence-electron chi connectivity index (χ1n) is 7.90. The van der Waals surface area contributed by atoms with Gasteiger partial charge in [-0.25, -0.2) is 0 Å². The van der Waals surface area contributed by atoms with Crippen molar-refractivity contribution in [2.45, 2.75) is 70.5 Å². The van der Waals surface area contributed by atoms with Gasteiger partial charge in [-0.05, 0) is 64.0 Å². The minimum absolute atomic E-state index is 0.622. The second-order valence-electron chi connectivity index (χ2n) is 6.54. The first-order valence-corrected chi connectivity index (χ1v) is 7.90. The lowest BCUT2D eigenvalue weighted by molar-refractivity contribution is 0.128. The van der Waals surface area contributed by atoms with Gasteiger partial charge >= 0.3 is 0 Å². The second kappa shape index (κ2) is 6.88. The van der Waals surface area contributed by atoms with Gasteiger partial charge in [0, 0.05) is 18.1 Å². The molecular weight excluding hydrogens is 222 g/mol. The van der Waals surface area contributed by atoms with E-state index in [9.17, 15) is 0 Å². The normalized spacial score (nSPS) is 38.2. The zero-order valence-electron chi connectivity index (χ0n) is 12.1. The van der Waals surface area contributed by atoms with E-state index in [1.54, 1.807) is 0 Å². The largest absolute Gasteiger partial charge is 0.330 e. The van der Waals surface area contributed by atoms with Crippen molar-refractivity contribution >= 4 is 0 Å². The summed E-state index contributed by atoms with van der Waals surface area (Å²) in [5, 5.41) is 7.61. The van der Waals surface area contributed by atoms with Crippen LogP contribution in [0.1, 0.15) is 52.4 Å². The Hall–Kier alpha value is -0.120. The molecule has 0 amide bonds. The number of piperidine rings is 1. The van der Waals surface area contributed by atoms with Crippen LogP contribution in [0.5, 0.6) is 0 Å². The van der Waals surface area contributed by atoms with Crippen LogP contribution in [0.4, 0.5) is 0 Å². The van der Waals surface area contributed by atoms with Crippen LogP contribution in [0.3, 0.4) is 0 Å². The molecule has 1 saturated heterocycles. The highest BCUT2D eigenvalue weighted by molar-refractivity contribution is 4.95. The van der Waals surface area contributed by atoms with Gasteiger partial charge < -0.3 is 16.4 Å². The van der Waals surface area contributed by atoms with Crippen LogP contribution in [0, 0.1) is 11.8 Å². The van der Waals surface area contributed by atoms with Crippen molar-refractivity contribution in [1.82, 2.24) is 10.6 Å². The molecule has 18 heavy (non-hydrogen) atoms. The Bertz CT molecular complexity index is 244. The van der Waals surface area contributed by atoms with Gasteiger partial charge in [0.15, 0.2) is 0 Å². The third kappa shape index (κ3) is 3.69. The molecule has 5 atom stereocenters. The summed E-state index contributed by atoms with van der Waals surface area (Å²) in [7, 11) is 0. The van der Waals surface area contributed by atoms with Crippen LogP contribution in [0.2, 0.25) is 0 Å². The molecular formula is C15H31N3. The molecule has 1 aliphatic heterocycles. The van der Waals surface area contributed by atoms with Gasteiger partial charge in [-0.1, -0.05) is 13.3 Å². The van der Waals surface area contributed by atoms with E-state index in [-0.39, 0.29) is 0 Å². The van der Waals surface area contributed by atoms with Crippen LogP contribution in [0.25, 0.3) is 0 Å². The molecule has 0 spiro atoms. The van der Waals surface area contributed by atoms with Gasteiger partial charge in [-0.3, -0.25) is 0 Å². The fraction of sp³-hybridized carbons (Fsp3) is 1.00. The molecule has 2 fully saturated rings. The first kappa shape index (κ1) is 14.3. The smallest absolute Gasteiger partial charge is 0.0125 e. The van der Waals surface area contributed by atoms with E-state index >= 15 is 0 Å². The fourth-order valence-electron chi connectivity index (χ4n) is 3.84. The maximum absolute atomic E-state index is 5.59. The molecule has 3 nitrogen and oxygen atoms in total. The maximum Gasteiger partial charge on any atom is 0.0125 e. The van der Waals surface area contributed by atoms with Gasteiger partial charge in [0.2, 0.25) is 0 Å². The number of nitrogens with one attached hydrogen (secondary N) is 2. The highest BCUT2D eigenvalue weighted by Gasteiger charge is 2.36. The number of fused-ring (bicyclic) bond motifs is 1. The van der Waals surface area contributed by atoms with Crippen molar-refractivity contribution in [3.8, 4) is 0 Å². The summed E-state index contributed by atoms with van der Waals surface area (Å²) in [5.41, 5.74) is 5.59. The standard InChI is InChI=1S/C15H31N3/c1-11-5-6-13-14(7-9-17-15(13)10-11)18-12(2)4-3-8-16/h11-15,17-18H,3-10,16H2,1-2H3. The average Bonchev–Trinajstić information content (AvgIpc) is 2.36. The predicted molar refractivity (Wildman–Crippen MR) is 77.6 cm³/mol. The van der Waals surface area contributed by atoms with Crippen LogP contribution in [-0.2, 0) is 0 Å². The van der Waals surface area contributed by atoms with E-state index in [0.29, 0.717) is 6.04 Å². The Morgan fingerprint density at radius 2 is 2.17 bits per heavy atom. The summed E-state index contributed by atoms with van der Waals surface area (Å²) in [6.07, 6.45) is 7.85. The summed E-state index contributed by atoms with van der Waals surface area (Å²) in [6.45, 7) is 6.73. The summed E-state index contributed by atoms with van der Waals surface area (Å²) in [6, 6.07) is 2.12. The molecule has 1 saturated carbocycles. The molecule has 3 heteroatoms. The topological polar surface area (TPSA) is 50.1 Å². The van der Waals surface area contributed by atoms with E-state index < -0.39 is 0 Å². The molecule has 0 aromatic rings. The molecule has 106 valence electrons. The minimum atomic E-state index is 0.622. The Morgan fingerprint density at radius 1 is 1.33 bits per heavy atom. The monoisotopic (exact) mass is 253 g/mol. The van der Waals surface area contributed by atoms with Crippen molar-refractivity contribution in [1.29, 1.82) is 0 Å². The molecule has 2 aliphatic rings. The minimum Gasteiger partial charge on any atom is -0.330 e. The fourth-order valence-corrected chi connectivity index (χ4v) is 3.84. The first-order chi connectivity index (χ1) is 8.70. The summed E-state index contributed by atoms with van der Waals surface area (Å²) in [4.78, 5) is 0. The summed E-state index contributed by atoms with van der Waals surface area (Å²) in [5.74, 6) is 1.77. The third-order valence-corrected chi connectivity index (χ3v) is 4.88. The van der Waals surface area contributed by atoms with Crippen LogP contribution in [0.15, 0.2) is 0 Å². The van der Waals surface area contributed by atoms with E-state index in [4.69, 9.17) is 5.73 Å². The predicted octanol–water partition coefficient (Wildman–Crippen LogP) is 1.87. The lowest BCUT2D eigenvalue weighted by Crippen LogP contribution is -2.57. The zero-order valence-corrected chi connectivity index (χ0v) is 12.1. The van der Waals surface area contributed by atoms with Gasteiger partial charge in [0.05, 0.1) is 0 Å². The van der Waals surface area contributed by atoms with E-state index in [0.717, 1.165) is 36.9 Å². The molecule has 4 N–H and O–H groups in total. The molecule has 0 bridgehead atoms. The molecule has 0 aromatic heterocycles. The quantitative estimate of drug-likeness (QED) is 0.701. The zero-order chi connectivity index (χ0) is 13.0. The Kier molecular flexibility index (Phi) is 5.46. The van der Waals surface area contributed by atoms with Crippen molar-refractivity contribution in [2.24, 2.45) is 17.6 Å². The highest BCUT2D eigenvalue weighted by Crippen LogP contribution is 2.34. The van der Waals surface area contributed by atoms with Crippen molar-refractivity contribution in [2.75, 3.05) is 13.1 Å². The Labute approximate surface area is 112 Å². The van der Waals surface area contributed by atoms with E-state index in [1.165, 1.54) is 38.6 Å². The van der Waals surface area contributed by atoms with Crippen LogP contribution in [-0.4, -0.2) is 31.2 Å². The van der Waals surface area contributed by atoms with Crippen molar-refractivity contribution in [3.05, 3.63) is 0 Å². The van der Waals surface area contributed by atoms with E-state index in [1.807, 2.05) is 0 Å². The number of rotatable bonds is 5.